The zero-order valence-corrected chi connectivity index (χ0v) is 42.7. The van der Waals surface area contributed by atoms with Crippen LogP contribution in [0, 0.1) is 17.8 Å². The molecule has 0 spiro atoms. The predicted octanol–water partition coefficient (Wildman–Crippen LogP) is 2.97. The molecule has 8 aliphatic carbocycles. The van der Waals surface area contributed by atoms with Crippen molar-refractivity contribution >= 4 is 28.9 Å². The molecule has 0 aliphatic heterocycles. The molecule has 0 radical (unpaired) electrons. The average molecular weight is 984 g/mol. The standard InChI is InChI=1S/C8H17NO.C7H14N2O.C7H15NO.C6H12N2O.2C6H11NO.C5H10N2O.C5H11NO/c1-6(10)7-2-4-8(9)5-3-7;1-10-9-7-4-2-6(8)3-5-7;8-7-3-1-2-6(4-7)5-9;7-5-1-3-6(8-9)4-2-5;7-5-1-3-6(8)4-2-5;7-5-2-1-3-6(8)4-5;6-4-1-3(2-4)5(7)8;6-4-1-2-5(7)3-4/h6-8,10H,2-5,9H2,1H3;6H,2-5,8H2,1H3;6-7,9H,1-5,8H2;5,9H,1-4,7H2;2*5H,1-4,7H2;3-4H,1-2,6H2,(H2,7,8);4-5,7H,1-3,6H2. The van der Waals surface area contributed by atoms with Gasteiger partial charge in [0.2, 0.25) is 5.91 Å². The van der Waals surface area contributed by atoms with E-state index in [2.05, 4.69) is 15.1 Å². The number of rotatable bonds is 4. The Hall–Kier alpha value is -2.69. The summed E-state index contributed by atoms with van der Waals surface area (Å²) in [7, 11) is 1.58. The van der Waals surface area contributed by atoms with E-state index < -0.39 is 0 Å². The van der Waals surface area contributed by atoms with Crippen LogP contribution in [0.4, 0.5) is 0 Å². The molecule has 0 bridgehead atoms. The van der Waals surface area contributed by atoms with Crippen LogP contribution < -0.4 is 51.6 Å². The quantitative estimate of drug-likeness (QED) is 0.142. The Balaban J connectivity index is 0.000000395. The minimum absolute atomic E-state index is 0.0741. The summed E-state index contributed by atoms with van der Waals surface area (Å²) in [5.41, 5.74) is 51.7. The van der Waals surface area contributed by atoms with E-state index >= 15 is 0 Å². The molecule has 0 saturated heterocycles. The van der Waals surface area contributed by atoms with Gasteiger partial charge in [-0.1, -0.05) is 16.7 Å². The van der Waals surface area contributed by atoms with Crippen molar-refractivity contribution in [2.75, 3.05) is 13.7 Å². The molecule has 0 aromatic heterocycles. The van der Waals surface area contributed by atoms with Crippen LogP contribution in [-0.2, 0) is 19.2 Å². The number of carbonyl (C=O) groups is 3. The molecule has 6 atom stereocenters. The van der Waals surface area contributed by atoms with E-state index in [0.29, 0.717) is 79.5 Å². The third-order valence-corrected chi connectivity index (χ3v) is 14.3. The minimum atomic E-state index is -0.202. The summed E-state index contributed by atoms with van der Waals surface area (Å²) in [4.78, 5) is 36.1. The molecule has 1 amide bonds. The second-order valence-electron chi connectivity index (χ2n) is 20.9. The number of amides is 1. The normalized spacial score (nSPS) is 32.4. The Morgan fingerprint density at radius 1 is 0.580 bits per heavy atom. The minimum Gasteiger partial charge on any atom is -0.411 e. The van der Waals surface area contributed by atoms with Gasteiger partial charge in [0.25, 0.3) is 0 Å². The van der Waals surface area contributed by atoms with Crippen LogP contribution in [0.25, 0.3) is 0 Å². The summed E-state index contributed by atoms with van der Waals surface area (Å²) in [6.45, 7) is 2.20. The van der Waals surface area contributed by atoms with E-state index in [4.69, 9.17) is 67.0 Å². The number of hydrogen-bond acceptors (Lipinski definition) is 18. The van der Waals surface area contributed by atoms with Crippen LogP contribution >= 0.6 is 0 Å². The molecule has 69 heavy (non-hydrogen) atoms. The fourth-order valence-corrected chi connectivity index (χ4v) is 9.30. The number of aliphatic hydroxyl groups excluding tert-OH is 3. The van der Waals surface area contributed by atoms with Crippen LogP contribution in [0.5, 0.6) is 0 Å². The van der Waals surface area contributed by atoms with Gasteiger partial charge in [0, 0.05) is 86.5 Å². The Morgan fingerprint density at radius 3 is 1.38 bits per heavy atom. The summed E-state index contributed by atoms with van der Waals surface area (Å²) in [6, 6.07) is 2.43. The highest BCUT2D eigenvalue weighted by Gasteiger charge is 2.30. The number of nitrogens with two attached hydrogens (primary N) is 9. The smallest absolute Gasteiger partial charge is 0.220 e. The first kappa shape index (κ1) is 64.3. The highest BCUT2D eigenvalue weighted by molar-refractivity contribution is 5.85. The molecule has 6 unspecified atom stereocenters. The van der Waals surface area contributed by atoms with Crippen molar-refractivity contribution in [1.82, 2.24) is 0 Å². The van der Waals surface area contributed by atoms with Gasteiger partial charge in [0.1, 0.15) is 18.7 Å². The first-order chi connectivity index (χ1) is 32.7. The van der Waals surface area contributed by atoms with Crippen molar-refractivity contribution in [1.29, 1.82) is 0 Å². The number of oxime groups is 2. The summed E-state index contributed by atoms with van der Waals surface area (Å²) in [5.74, 6) is 1.60. The van der Waals surface area contributed by atoms with E-state index in [1.165, 1.54) is 12.8 Å². The first-order valence-corrected chi connectivity index (χ1v) is 26.4. The average Bonchev–Trinajstić information content (AvgIpc) is 3.70. The molecule has 22 N–H and O–H groups in total. The third kappa shape index (κ3) is 32.8. The SMILES string of the molecule is CC(O)C1CCC(N)CC1.CON=C1CCC(N)CC1.NC(=O)C1CC(N)C1.NC1CCC(=NO)CC1.NC1CCC(=O)CC1.NC1CCC(O)C1.NC1CCCC(=O)C1.NC1CCCC(CO)C1. The van der Waals surface area contributed by atoms with Crippen molar-refractivity contribution < 1.29 is 39.7 Å². The lowest BCUT2D eigenvalue weighted by molar-refractivity contribution is -0.124. The van der Waals surface area contributed by atoms with Gasteiger partial charge in [-0.15, -0.1) is 0 Å². The highest BCUT2D eigenvalue weighted by Crippen LogP contribution is 2.26. The van der Waals surface area contributed by atoms with Crippen LogP contribution in [0.15, 0.2) is 10.3 Å². The Morgan fingerprint density at radius 2 is 1.06 bits per heavy atom. The number of primary amides is 1. The van der Waals surface area contributed by atoms with E-state index in [-0.39, 0.29) is 42.2 Å². The molecule has 8 aliphatic rings. The first-order valence-electron chi connectivity index (χ1n) is 26.4. The number of ketones is 2. The second-order valence-corrected chi connectivity index (χ2v) is 20.9. The maximum Gasteiger partial charge on any atom is 0.220 e. The fraction of sp³-hybridized carbons (Fsp3) is 0.900. The Kier molecular flexibility index (Phi) is 35.4. The largest absolute Gasteiger partial charge is 0.411 e. The highest BCUT2D eigenvalue weighted by atomic mass is 16.6. The third-order valence-electron chi connectivity index (χ3n) is 14.3. The van der Waals surface area contributed by atoms with Crippen LogP contribution in [0.2, 0.25) is 0 Å². The molecule has 8 saturated carbocycles. The van der Waals surface area contributed by atoms with Gasteiger partial charge in [-0.25, -0.2) is 0 Å². The molecule has 8 rings (SSSR count). The lowest BCUT2D eigenvalue weighted by Gasteiger charge is -2.29. The molecule has 19 heteroatoms. The van der Waals surface area contributed by atoms with Crippen molar-refractivity contribution in [2.45, 2.75) is 254 Å². The Bertz CT molecular complexity index is 1390. The molecular weight excluding hydrogens is 883 g/mol. The number of nitrogens with zero attached hydrogens (tertiary/aromatic N) is 2. The lowest BCUT2D eigenvalue weighted by atomic mass is 9.80. The number of aliphatic hydroxyl groups is 3. The van der Waals surface area contributed by atoms with Crippen molar-refractivity contribution in [3.8, 4) is 0 Å². The van der Waals surface area contributed by atoms with E-state index in [1.807, 2.05) is 6.92 Å². The van der Waals surface area contributed by atoms with Gasteiger partial charge in [0.15, 0.2) is 0 Å². The number of carbonyl (C=O) groups excluding carboxylic acids is 3. The summed E-state index contributed by atoms with van der Waals surface area (Å²) in [5, 5.41) is 42.1. The maximum absolute atomic E-state index is 10.6. The monoisotopic (exact) mass is 984 g/mol. The molecule has 0 heterocycles. The Labute approximate surface area is 414 Å². The topological polar surface area (TPSA) is 400 Å². The zero-order valence-electron chi connectivity index (χ0n) is 42.7. The van der Waals surface area contributed by atoms with Crippen LogP contribution in [0.1, 0.15) is 193 Å². The summed E-state index contributed by atoms with van der Waals surface area (Å²) >= 11 is 0. The van der Waals surface area contributed by atoms with Crippen LogP contribution in [0.3, 0.4) is 0 Å². The molecular formula is C50H101N11O8. The molecule has 404 valence electrons. The molecule has 0 aromatic rings. The van der Waals surface area contributed by atoms with Gasteiger partial charge >= 0.3 is 0 Å². The van der Waals surface area contributed by atoms with Gasteiger partial charge in [-0.2, -0.15) is 0 Å². The van der Waals surface area contributed by atoms with E-state index in [9.17, 15) is 19.5 Å². The lowest BCUT2D eigenvalue weighted by Crippen LogP contribution is -2.42. The van der Waals surface area contributed by atoms with Crippen molar-refractivity contribution in [2.24, 2.45) is 79.7 Å². The van der Waals surface area contributed by atoms with Crippen LogP contribution in [-0.4, -0.2) is 124 Å². The van der Waals surface area contributed by atoms with Gasteiger partial charge in [-0.05, 0) is 173 Å². The van der Waals surface area contributed by atoms with E-state index in [0.717, 1.165) is 166 Å². The van der Waals surface area contributed by atoms with Crippen molar-refractivity contribution in [3.63, 3.8) is 0 Å². The molecule has 19 nitrogen and oxygen atoms in total. The second kappa shape index (κ2) is 38.0. The fourth-order valence-electron chi connectivity index (χ4n) is 9.30. The van der Waals surface area contributed by atoms with Crippen molar-refractivity contribution in [3.05, 3.63) is 0 Å². The molecule has 0 aromatic carbocycles. The molecule has 8 fully saturated rings. The zero-order chi connectivity index (χ0) is 51.7. The maximum atomic E-state index is 10.6. The predicted molar refractivity (Wildman–Crippen MR) is 276 cm³/mol. The van der Waals surface area contributed by atoms with Gasteiger partial charge < -0.3 is 77.0 Å². The number of Topliss-reactive ketones (excluding diaryl/α,β-unsaturated/α-hetero) is 2. The summed E-state index contributed by atoms with van der Waals surface area (Å²) in [6.07, 6.45) is 27.4. The van der Waals surface area contributed by atoms with Gasteiger partial charge in [0.05, 0.1) is 23.6 Å². The van der Waals surface area contributed by atoms with E-state index in [1.54, 1.807) is 7.11 Å². The number of hydrogen-bond donors (Lipinski definition) is 13. The summed E-state index contributed by atoms with van der Waals surface area (Å²) < 4.78 is 0. The van der Waals surface area contributed by atoms with Gasteiger partial charge in [-0.3, -0.25) is 14.4 Å².